The van der Waals surface area contributed by atoms with Crippen molar-refractivity contribution in [2.45, 2.75) is 46.8 Å². The highest BCUT2D eigenvalue weighted by Crippen LogP contribution is 2.18. The van der Waals surface area contributed by atoms with E-state index in [1.165, 1.54) is 6.07 Å². The van der Waals surface area contributed by atoms with Crippen LogP contribution in [0, 0.1) is 6.92 Å². The maximum Gasteiger partial charge on any atom is 0.340 e. The van der Waals surface area contributed by atoms with Gasteiger partial charge in [-0.25, -0.2) is 9.78 Å². The minimum Gasteiger partial charge on any atom is -0.492 e. The van der Waals surface area contributed by atoms with Crippen LogP contribution in [0.2, 0.25) is 0 Å². The number of hydrogen-bond acceptors (Lipinski definition) is 6. The second-order valence-corrected chi connectivity index (χ2v) is 6.00. The van der Waals surface area contributed by atoms with Gasteiger partial charge in [-0.15, -0.1) is 0 Å². The van der Waals surface area contributed by atoms with E-state index in [4.69, 9.17) is 14.2 Å². The first-order valence-corrected chi connectivity index (χ1v) is 9.08. The molecule has 0 N–H and O–H groups in total. The average molecular weight is 374 g/mol. The lowest BCUT2D eigenvalue weighted by Gasteiger charge is -2.13. The number of nitrogens with zero attached hydrogens (tertiary/aromatic N) is 2. The maximum atomic E-state index is 12.1. The van der Waals surface area contributed by atoms with Gasteiger partial charge in [-0.05, 0) is 45.0 Å². The quantitative estimate of drug-likeness (QED) is 0.496. The largest absolute Gasteiger partial charge is 0.492 e. The summed E-state index contributed by atoms with van der Waals surface area (Å²) in [6.45, 7) is 8.43. The Morgan fingerprint density at radius 3 is 2.48 bits per heavy atom. The molecule has 0 radical (unpaired) electrons. The third kappa shape index (κ3) is 5.92. The first-order chi connectivity index (χ1) is 12.9. The molecule has 1 aromatic carbocycles. The van der Waals surface area contributed by atoms with Crippen LogP contribution in [0.1, 0.15) is 32.3 Å². The zero-order valence-corrected chi connectivity index (χ0v) is 16.2. The van der Waals surface area contributed by atoms with Crippen LogP contribution in [0.3, 0.4) is 0 Å². The Morgan fingerprint density at radius 1 is 1.19 bits per heavy atom. The molecule has 0 amide bonds. The Labute approximate surface area is 158 Å². The number of aromatic nitrogens is 2. The minimum absolute atomic E-state index is 0.0753. The summed E-state index contributed by atoms with van der Waals surface area (Å²) in [6.07, 6.45) is 0.0667. The van der Waals surface area contributed by atoms with Crippen LogP contribution in [-0.2, 0) is 22.5 Å². The van der Waals surface area contributed by atoms with E-state index in [2.05, 4.69) is 4.98 Å². The number of ether oxygens (including phenoxy) is 3. The van der Waals surface area contributed by atoms with Gasteiger partial charge >= 0.3 is 5.97 Å². The van der Waals surface area contributed by atoms with E-state index in [1.54, 1.807) is 35.8 Å². The van der Waals surface area contributed by atoms with Crippen LogP contribution in [0.5, 0.6) is 11.5 Å². The highest BCUT2D eigenvalue weighted by atomic mass is 16.6. The molecule has 0 aliphatic rings. The Morgan fingerprint density at radius 2 is 1.85 bits per heavy atom. The fourth-order valence-electron chi connectivity index (χ4n) is 2.57. The summed E-state index contributed by atoms with van der Waals surface area (Å²) >= 11 is 0. The van der Waals surface area contributed by atoms with Crippen LogP contribution in [-0.4, -0.2) is 34.8 Å². The van der Waals surface area contributed by atoms with Gasteiger partial charge in [0, 0.05) is 24.8 Å². The molecule has 2 aromatic rings. The number of carbonyl (C=O) groups is 1. The third-order valence-corrected chi connectivity index (χ3v) is 3.91. The Bertz CT molecular complexity index is 814. The highest BCUT2D eigenvalue weighted by molar-refractivity contribution is 5.76. The van der Waals surface area contributed by atoms with Crippen molar-refractivity contribution < 1.29 is 19.0 Å². The van der Waals surface area contributed by atoms with Gasteiger partial charge in [-0.1, -0.05) is 6.92 Å². The monoisotopic (exact) mass is 374 g/mol. The topological polar surface area (TPSA) is 79.7 Å². The Balaban J connectivity index is 1.91. The van der Waals surface area contributed by atoms with Gasteiger partial charge in [0.05, 0.1) is 6.54 Å². The summed E-state index contributed by atoms with van der Waals surface area (Å²) < 4.78 is 17.8. The summed E-state index contributed by atoms with van der Waals surface area (Å²) in [4.78, 5) is 28.3. The molecular weight excluding hydrogens is 348 g/mol. The van der Waals surface area contributed by atoms with Gasteiger partial charge in [0.1, 0.15) is 23.9 Å². The zero-order chi connectivity index (χ0) is 19.8. The molecule has 1 unspecified atom stereocenters. The van der Waals surface area contributed by atoms with Crippen molar-refractivity contribution in [3.63, 3.8) is 0 Å². The van der Waals surface area contributed by atoms with Gasteiger partial charge in [-0.2, -0.15) is 0 Å². The van der Waals surface area contributed by atoms with Crippen molar-refractivity contribution in [2.75, 3.05) is 13.2 Å². The second kappa shape index (κ2) is 9.87. The van der Waals surface area contributed by atoms with E-state index in [0.717, 1.165) is 11.5 Å². The maximum absolute atomic E-state index is 12.1. The van der Waals surface area contributed by atoms with Gasteiger partial charge in [0.25, 0.3) is 5.56 Å². The van der Waals surface area contributed by atoms with Crippen molar-refractivity contribution in [1.82, 2.24) is 9.55 Å². The molecule has 0 aliphatic heterocycles. The number of esters is 1. The van der Waals surface area contributed by atoms with Crippen LogP contribution < -0.4 is 15.0 Å². The number of carbonyl (C=O) groups excluding carboxylic acids is 1. The zero-order valence-electron chi connectivity index (χ0n) is 16.2. The van der Waals surface area contributed by atoms with E-state index < -0.39 is 12.1 Å². The van der Waals surface area contributed by atoms with Crippen molar-refractivity contribution in [3.8, 4) is 11.5 Å². The molecule has 0 aliphatic carbocycles. The molecule has 7 nitrogen and oxygen atoms in total. The van der Waals surface area contributed by atoms with E-state index in [1.807, 2.05) is 20.8 Å². The summed E-state index contributed by atoms with van der Waals surface area (Å²) in [5, 5.41) is 0. The molecule has 1 heterocycles. The predicted octanol–water partition coefficient (Wildman–Crippen LogP) is 2.52. The fraction of sp³-hybridized carbons (Fsp3) is 0.450. The third-order valence-electron chi connectivity index (χ3n) is 3.91. The summed E-state index contributed by atoms with van der Waals surface area (Å²) in [7, 11) is 0. The van der Waals surface area contributed by atoms with Gasteiger partial charge in [-0.3, -0.25) is 9.36 Å². The number of hydrogen-bond donors (Lipinski definition) is 0. The van der Waals surface area contributed by atoms with Gasteiger partial charge in [0.2, 0.25) is 0 Å². The molecule has 0 saturated carbocycles. The van der Waals surface area contributed by atoms with Crippen molar-refractivity contribution in [3.05, 3.63) is 52.2 Å². The van der Waals surface area contributed by atoms with E-state index in [9.17, 15) is 9.59 Å². The highest BCUT2D eigenvalue weighted by Gasteiger charge is 2.15. The molecule has 146 valence electrons. The Kier molecular flexibility index (Phi) is 7.55. The summed E-state index contributed by atoms with van der Waals surface area (Å²) in [5.74, 6) is 1.35. The number of benzene rings is 1. The lowest BCUT2D eigenvalue weighted by atomic mass is 10.3. The average Bonchev–Trinajstić information content (AvgIpc) is 2.64. The van der Waals surface area contributed by atoms with Crippen molar-refractivity contribution in [1.29, 1.82) is 0 Å². The fourth-order valence-corrected chi connectivity index (χ4v) is 2.57. The van der Waals surface area contributed by atoms with Gasteiger partial charge in [0.15, 0.2) is 6.10 Å². The number of rotatable bonds is 9. The summed E-state index contributed by atoms with van der Waals surface area (Å²) in [6, 6.07) is 8.26. The molecule has 0 fully saturated rings. The molecular formula is C20H26N2O5. The van der Waals surface area contributed by atoms with E-state index in [-0.39, 0.29) is 5.56 Å². The smallest absolute Gasteiger partial charge is 0.340 e. The van der Waals surface area contributed by atoms with Crippen LogP contribution in [0.15, 0.2) is 35.1 Å². The summed E-state index contributed by atoms with van der Waals surface area (Å²) in [5.41, 5.74) is 0.645. The molecule has 0 saturated heterocycles. The normalized spacial score (nSPS) is 11.9. The van der Waals surface area contributed by atoms with E-state index >= 15 is 0 Å². The minimum atomic E-state index is -0.611. The molecule has 2 rings (SSSR count). The molecule has 0 bridgehead atoms. The Hall–Kier alpha value is -2.67. The lowest BCUT2D eigenvalue weighted by molar-refractivity contribution is -0.145. The molecule has 0 spiro atoms. The molecule has 27 heavy (non-hydrogen) atoms. The molecule has 1 aromatic heterocycles. The van der Waals surface area contributed by atoms with Crippen LogP contribution >= 0.6 is 0 Å². The van der Waals surface area contributed by atoms with Crippen molar-refractivity contribution in [2.24, 2.45) is 0 Å². The number of aryl methyl sites for hydroxylation is 2. The molecule has 7 heteroatoms. The van der Waals surface area contributed by atoms with Crippen LogP contribution in [0.25, 0.3) is 0 Å². The van der Waals surface area contributed by atoms with E-state index in [0.29, 0.717) is 37.7 Å². The standard InChI is InChI=1S/C20H26N2O5/c1-5-18-21-14(3)13-19(23)22(18)11-12-26-16-7-9-17(10-8-16)27-20(24)15(4)25-6-2/h7-10,13,15H,5-6,11-12H2,1-4H3. The van der Waals surface area contributed by atoms with Crippen LogP contribution in [0.4, 0.5) is 0 Å². The first-order valence-electron chi connectivity index (χ1n) is 9.08. The first kappa shape index (κ1) is 20.6. The lowest BCUT2D eigenvalue weighted by Crippen LogP contribution is -2.27. The SMILES string of the molecule is CCOC(C)C(=O)Oc1ccc(OCCn2c(CC)nc(C)cc2=O)cc1. The van der Waals surface area contributed by atoms with Gasteiger partial charge < -0.3 is 14.2 Å². The van der Waals surface area contributed by atoms with Crippen molar-refractivity contribution >= 4 is 5.97 Å². The predicted molar refractivity (Wildman–Crippen MR) is 101 cm³/mol. The second-order valence-electron chi connectivity index (χ2n) is 6.00. The molecule has 1 atom stereocenters.